The van der Waals surface area contributed by atoms with Crippen molar-refractivity contribution < 1.29 is 23.9 Å². The molecule has 0 radical (unpaired) electrons. The molecule has 0 saturated carbocycles. The predicted molar refractivity (Wildman–Crippen MR) is 144 cm³/mol. The van der Waals surface area contributed by atoms with Crippen LogP contribution in [0.5, 0.6) is 5.75 Å². The zero-order valence-corrected chi connectivity index (χ0v) is 21.9. The van der Waals surface area contributed by atoms with Gasteiger partial charge in [0.1, 0.15) is 5.41 Å². The summed E-state index contributed by atoms with van der Waals surface area (Å²) in [4.78, 5) is 56.2. The summed E-state index contributed by atoms with van der Waals surface area (Å²) in [5, 5.41) is 0.639. The number of benzene rings is 3. The summed E-state index contributed by atoms with van der Waals surface area (Å²) in [6.45, 7) is 2.72. The van der Waals surface area contributed by atoms with Crippen molar-refractivity contribution in [3.63, 3.8) is 0 Å². The summed E-state index contributed by atoms with van der Waals surface area (Å²) >= 11 is 12.9. The number of hydrogen-bond acceptors (Lipinski definition) is 6. The van der Waals surface area contributed by atoms with Crippen molar-refractivity contribution in [2.45, 2.75) is 31.8 Å². The number of halogens is 2. The van der Waals surface area contributed by atoms with Crippen molar-refractivity contribution in [3.05, 3.63) is 99.0 Å². The van der Waals surface area contributed by atoms with Gasteiger partial charge in [0.05, 0.1) is 17.8 Å². The number of carbonyl (C=O) groups is 4. The molecule has 2 aliphatic heterocycles. The molecule has 8 heteroatoms. The summed E-state index contributed by atoms with van der Waals surface area (Å²) in [5.41, 5.74) is 0.571. The van der Waals surface area contributed by atoms with Gasteiger partial charge in [-0.2, -0.15) is 0 Å². The number of nitrogens with zero attached hydrogens (tertiary/aromatic N) is 1. The molecule has 0 bridgehead atoms. The fourth-order valence-corrected chi connectivity index (χ4v) is 7.00. The molecule has 3 aromatic carbocycles. The van der Waals surface area contributed by atoms with Crippen molar-refractivity contribution in [1.82, 2.24) is 0 Å². The number of hydrogen-bond donors (Lipinski definition) is 0. The summed E-state index contributed by atoms with van der Waals surface area (Å²) in [5.74, 6) is -2.24. The van der Waals surface area contributed by atoms with E-state index in [0.717, 1.165) is 0 Å². The van der Waals surface area contributed by atoms with Gasteiger partial charge in [-0.25, -0.2) is 0 Å². The zero-order chi connectivity index (χ0) is 26.9. The highest BCUT2D eigenvalue weighted by Crippen LogP contribution is 2.62. The van der Waals surface area contributed by atoms with E-state index in [0.29, 0.717) is 33.0 Å². The van der Waals surface area contributed by atoms with Crippen molar-refractivity contribution in [3.8, 4) is 5.75 Å². The monoisotopic (exact) mass is 545 g/mol. The van der Waals surface area contributed by atoms with Crippen LogP contribution in [0.15, 0.2) is 66.7 Å². The summed E-state index contributed by atoms with van der Waals surface area (Å²) in [7, 11) is 0. The Morgan fingerprint density at radius 2 is 1.61 bits per heavy atom. The SMILES string of the molecule is CC(=O)Oc1cccc2c1N1[C@@H](C=C2)C2(C(=O)c3ccccc3C2=O)[C@@H](c2ccc(Cl)cc2Cl)[C@@H]1C(C)=O. The summed E-state index contributed by atoms with van der Waals surface area (Å²) in [6.07, 6.45) is 3.60. The second kappa shape index (κ2) is 8.65. The maximum absolute atomic E-state index is 14.4. The Balaban J connectivity index is 1.70. The van der Waals surface area contributed by atoms with Crippen LogP contribution in [0.4, 0.5) is 5.69 Å². The van der Waals surface area contributed by atoms with E-state index in [-0.39, 0.29) is 28.1 Å². The van der Waals surface area contributed by atoms with Crippen molar-refractivity contribution in [2.24, 2.45) is 5.41 Å². The molecule has 1 saturated heterocycles. The highest BCUT2D eigenvalue weighted by Gasteiger charge is 2.71. The van der Waals surface area contributed by atoms with Crippen LogP contribution in [0, 0.1) is 5.41 Å². The largest absolute Gasteiger partial charge is 0.424 e. The van der Waals surface area contributed by atoms with Gasteiger partial charge >= 0.3 is 5.97 Å². The van der Waals surface area contributed by atoms with Crippen LogP contribution < -0.4 is 9.64 Å². The smallest absolute Gasteiger partial charge is 0.308 e. The molecular formula is C30H21Cl2NO5. The Kier molecular flexibility index (Phi) is 5.60. The minimum absolute atomic E-state index is 0.240. The van der Waals surface area contributed by atoms with Crippen LogP contribution in [0.1, 0.15) is 51.6 Å². The lowest BCUT2D eigenvalue weighted by Gasteiger charge is -2.37. The average molecular weight is 546 g/mol. The van der Waals surface area contributed by atoms with Crippen molar-refractivity contribution in [1.29, 1.82) is 0 Å². The number of carbonyl (C=O) groups excluding carboxylic acids is 4. The lowest BCUT2D eigenvalue weighted by Crippen LogP contribution is -2.48. The molecule has 0 amide bonds. The first kappa shape index (κ1) is 24.6. The standard InChI is InChI=1S/C30H21Cl2NO5/c1-15(34)26-25(21-12-11-18(31)14-22(21)32)30(28(36)19-7-3-4-8-20(19)29(30)37)24-13-10-17-6-5-9-23(38-16(2)35)27(17)33(24)26/h3-14,24-26H,1-2H3/t24-,25-,26-/m0/s1. The Bertz CT molecular complexity index is 1570. The molecule has 38 heavy (non-hydrogen) atoms. The third kappa shape index (κ3) is 3.20. The highest BCUT2D eigenvalue weighted by molar-refractivity contribution is 6.36. The van der Waals surface area contributed by atoms with E-state index in [9.17, 15) is 19.2 Å². The normalized spacial score (nSPS) is 22.3. The molecule has 190 valence electrons. The van der Waals surface area contributed by atoms with Crippen molar-refractivity contribution in [2.75, 3.05) is 4.90 Å². The van der Waals surface area contributed by atoms with E-state index in [4.69, 9.17) is 27.9 Å². The van der Waals surface area contributed by atoms with Gasteiger partial charge in [0.25, 0.3) is 0 Å². The first-order valence-electron chi connectivity index (χ1n) is 12.1. The van der Waals surface area contributed by atoms with E-state index in [1.54, 1.807) is 71.6 Å². The van der Waals surface area contributed by atoms with Crippen LogP contribution in [-0.4, -0.2) is 35.4 Å². The van der Waals surface area contributed by atoms with Gasteiger partial charge in [0.2, 0.25) is 0 Å². The van der Waals surface area contributed by atoms with E-state index in [2.05, 4.69) is 0 Å². The third-order valence-electron chi connectivity index (χ3n) is 7.75. The number of para-hydroxylation sites is 1. The minimum atomic E-state index is -1.69. The van der Waals surface area contributed by atoms with Gasteiger partial charge in [-0.3, -0.25) is 19.2 Å². The average Bonchev–Trinajstić information content (AvgIpc) is 3.30. The molecular weight excluding hydrogens is 525 g/mol. The molecule has 0 unspecified atom stereocenters. The molecule has 1 spiro atoms. The number of ether oxygens (including phenoxy) is 1. The van der Waals surface area contributed by atoms with Crippen LogP contribution >= 0.6 is 23.2 Å². The van der Waals surface area contributed by atoms with Gasteiger partial charge in [-0.1, -0.05) is 77.8 Å². The maximum Gasteiger partial charge on any atom is 0.308 e. The minimum Gasteiger partial charge on any atom is -0.424 e. The lowest BCUT2D eigenvalue weighted by atomic mass is 9.64. The molecule has 1 aliphatic carbocycles. The fraction of sp³-hybridized carbons (Fsp3) is 0.200. The summed E-state index contributed by atoms with van der Waals surface area (Å²) in [6, 6.07) is 15.0. The van der Waals surface area contributed by atoms with Crippen LogP contribution in [-0.2, 0) is 9.59 Å². The first-order valence-corrected chi connectivity index (χ1v) is 12.9. The Morgan fingerprint density at radius 3 is 2.21 bits per heavy atom. The van der Waals surface area contributed by atoms with Gasteiger partial charge in [-0.15, -0.1) is 0 Å². The number of Topliss-reactive ketones (excluding diaryl/α,β-unsaturated/α-hetero) is 3. The Morgan fingerprint density at radius 1 is 0.921 bits per heavy atom. The van der Waals surface area contributed by atoms with Crippen molar-refractivity contribution >= 4 is 58.3 Å². The molecule has 1 fully saturated rings. The molecule has 3 aromatic rings. The van der Waals surface area contributed by atoms with E-state index < -0.39 is 29.4 Å². The lowest BCUT2D eigenvalue weighted by molar-refractivity contribution is -0.131. The highest BCUT2D eigenvalue weighted by atomic mass is 35.5. The third-order valence-corrected chi connectivity index (χ3v) is 8.32. The zero-order valence-electron chi connectivity index (χ0n) is 20.4. The summed E-state index contributed by atoms with van der Waals surface area (Å²) < 4.78 is 5.56. The molecule has 3 aliphatic rings. The molecule has 6 rings (SSSR count). The molecule has 3 atom stereocenters. The second-order valence-electron chi connectivity index (χ2n) is 9.77. The number of esters is 1. The van der Waals surface area contributed by atoms with E-state index >= 15 is 0 Å². The number of anilines is 1. The molecule has 6 nitrogen and oxygen atoms in total. The fourth-order valence-electron chi connectivity index (χ4n) is 6.47. The Labute approximate surface area is 228 Å². The maximum atomic E-state index is 14.4. The second-order valence-corrected chi connectivity index (χ2v) is 10.6. The van der Waals surface area contributed by atoms with Gasteiger partial charge in [-0.05, 0) is 30.7 Å². The van der Waals surface area contributed by atoms with E-state index in [1.165, 1.54) is 13.8 Å². The molecule has 2 heterocycles. The van der Waals surface area contributed by atoms with Crippen LogP contribution in [0.3, 0.4) is 0 Å². The number of rotatable bonds is 3. The van der Waals surface area contributed by atoms with Gasteiger partial charge < -0.3 is 9.64 Å². The van der Waals surface area contributed by atoms with Gasteiger partial charge in [0, 0.05) is 39.6 Å². The Hall–Kier alpha value is -3.74. The van der Waals surface area contributed by atoms with E-state index in [1.807, 2.05) is 6.07 Å². The van der Waals surface area contributed by atoms with Crippen LogP contribution in [0.25, 0.3) is 6.08 Å². The quantitative estimate of drug-likeness (QED) is 0.230. The predicted octanol–water partition coefficient (Wildman–Crippen LogP) is 5.94. The molecule has 0 aromatic heterocycles. The topological polar surface area (TPSA) is 80.8 Å². The van der Waals surface area contributed by atoms with Crippen LogP contribution in [0.2, 0.25) is 10.0 Å². The first-order chi connectivity index (χ1) is 18.2. The van der Waals surface area contributed by atoms with Gasteiger partial charge in [0.15, 0.2) is 23.1 Å². The number of ketones is 3. The number of fused-ring (bicyclic) bond motifs is 5. The molecule has 0 N–H and O–H groups in total.